The van der Waals surface area contributed by atoms with Gasteiger partial charge in [-0.05, 0) is 25.5 Å². The first-order valence-electron chi connectivity index (χ1n) is 3.32. The topological polar surface area (TPSA) is 70.9 Å². The van der Waals surface area contributed by atoms with Crippen molar-refractivity contribution in [3.8, 4) is 0 Å². The molecule has 1 aromatic heterocycles. The predicted molar refractivity (Wildman–Crippen MR) is 41.9 cm³/mol. The lowest BCUT2D eigenvalue weighted by Gasteiger charge is -1.95. The van der Waals surface area contributed by atoms with Gasteiger partial charge >= 0.3 is 0 Å². The number of aromatic amines is 1. The monoisotopic (exact) mass is 153 g/mol. The molecule has 0 unspecified atom stereocenters. The minimum atomic E-state index is -0.282. The molecule has 1 rings (SSSR count). The van der Waals surface area contributed by atoms with Crippen LogP contribution < -0.4 is 11.3 Å². The Kier molecular flexibility index (Phi) is 1.96. The van der Waals surface area contributed by atoms with Crippen LogP contribution in [0.25, 0.3) is 0 Å². The van der Waals surface area contributed by atoms with E-state index in [0.29, 0.717) is 5.69 Å². The van der Waals surface area contributed by atoms with Crippen molar-refractivity contribution < 1.29 is 4.79 Å². The summed E-state index contributed by atoms with van der Waals surface area (Å²) in [5.74, 6) is 4.68. The summed E-state index contributed by atoms with van der Waals surface area (Å²) in [4.78, 5) is 13.9. The number of carbonyl (C=O) groups is 1. The largest absolute Gasteiger partial charge is 0.354 e. The molecule has 0 saturated heterocycles. The summed E-state index contributed by atoms with van der Waals surface area (Å²) in [6, 6.07) is 1.89. The Morgan fingerprint density at radius 2 is 2.27 bits per heavy atom. The number of rotatable bonds is 1. The molecule has 0 spiro atoms. The average Bonchev–Trinajstić information content (AvgIpc) is 2.28. The van der Waals surface area contributed by atoms with Gasteiger partial charge in [0, 0.05) is 5.69 Å². The summed E-state index contributed by atoms with van der Waals surface area (Å²) in [5, 5.41) is 0. The van der Waals surface area contributed by atoms with E-state index in [2.05, 4.69) is 10.4 Å². The Hall–Kier alpha value is -1.29. The fourth-order valence-corrected chi connectivity index (χ4v) is 1.04. The highest BCUT2D eigenvalue weighted by Crippen LogP contribution is 2.07. The summed E-state index contributed by atoms with van der Waals surface area (Å²) in [5.41, 5.74) is 4.46. The molecule has 0 aliphatic carbocycles. The van der Waals surface area contributed by atoms with Gasteiger partial charge in [-0.15, -0.1) is 0 Å². The van der Waals surface area contributed by atoms with Gasteiger partial charge in [0.2, 0.25) is 0 Å². The van der Waals surface area contributed by atoms with E-state index in [1.807, 2.05) is 19.9 Å². The zero-order chi connectivity index (χ0) is 8.43. The van der Waals surface area contributed by atoms with Gasteiger partial charge in [0.25, 0.3) is 5.91 Å². The number of aromatic nitrogens is 1. The molecule has 0 bridgehead atoms. The van der Waals surface area contributed by atoms with E-state index in [1.54, 1.807) is 0 Å². The van der Waals surface area contributed by atoms with E-state index in [1.165, 1.54) is 0 Å². The number of nitrogens with one attached hydrogen (secondary N) is 2. The number of hydrogen-bond donors (Lipinski definition) is 3. The molecule has 11 heavy (non-hydrogen) atoms. The maximum Gasteiger partial charge on any atom is 0.281 e. The Morgan fingerprint density at radius 1 is 1.64 bits per heavy atom. The van der Waals surface area contributed by atoms with Gasteiger partial charge in [-0.1, -0.05) is 0 Å². The summed E-state index contributed by atoms with van der Waals surface area (Å²) < 4.78 is 0. The van der Waals surface area contributed by atoms with Crippen LogP contribution in [0.4, 0.5) is 0 Å². The van der Waals surface area contributed by atoms with E-state index < -0.39 is 0 Å². The van der Waals surface area contributed by atoms with Gasteiger partial charge in [-0.2, -0.15) is 0 Å². The van der Waals surface area contributed by atoms with E-state index in [-0.39, 0.29) is 5.91 Å². The second kappa shape index (κ2) is 2.75. The van der Waals surface area contributed by atoms with Crippen LogP contribution in [0.2, 0.25) is 0 Å². The lowest BCUT2D eigenvalue weighted by Crippen LogP contribution is -2.30. The van der Waals surface area contributed by atoms with Crippen LogP contribution in [-0.4, -0.2) is 10.9 Å². The fraction of sp³-hybridized carbons (Fsp3) is 0.286. The smallest absolute Gasteiger partial charge is 0.281 e. The molecule has 1 heterocycles. The van der Waals surface area contributed by atoms with Gasteiger partial charge in [0.05, 0.1) is 0 Å². The van der Waals surface area contributed by atoms with Gasteiger partial charge in [-0.25, -0.2) is 5.84 Å². The normalized spacial score (nSPS) is 9.73. The van der Waals surface area contributed by atoms with Crippen molar-refractivity contribution in [2.75, 3.05) is 0 Å². The molecule has 0 aromatic carbocycles. The number of aryl methyl sites for hydroxylation is 2. The van der Waals surface area contributed by atoms with Gasteiger partial charge < -0.3 is 4.98 Å². The second-order valence-electron chi connectivity index (χ2n) is 2.48. The van der Waals surface area contributed by atoms with Crippen molar-refractivity contribution in [2.45, 2.75) is 13.8 Å². The number of hydrazine groups is 1. The van der Waals surface area contributed by atoms with Crippen LogP contribution in [-0.2, 0) is 0 Å². The van der Waals surface area contributed by atoms with Gasteiger partial charge in [0.15, 0.2) is 0 Å². The third-order valence-electron chi connectivity index (χ3n) is 1.51. The molecule has 0 fully saturated rings. The number of H-pyrrole nitrogens is 1. The van der Waals surface area contributed by atoms with Crippen molar-refractivity contribution >= 4 is 5.91 Å². The SMILES string of the molecule is Cc1cc(C)c(C(=O)NN)[nH]1. The summed E-state index contributed by atoms with van der Waals surface area (Å²) in [6.45, 7) is 3.74. The molecule has 4 N–H and O–H groups in total. The third kappa shape index (κ3) is 1.40. The molecule has 1 amide bonds. The molecule has 1 aromatic rings. The molecule has 0 saturated carbocycles. The molecule has 60 valence electrons. The molecule has 0 atom stereocenters. The van der Waals surface area contributed by atoms with Crippen LogP contribution >= 0.6 is 0 Å². The Labute approximate surface area is 64.8 Å². The molecule has 4 heteroatoms. The van der Waals surface area contributed by atoms with Gasteiger partial charge in [0.1, 0.15) is 5.69 Å². The molecule has 0 radical (unpaired) electrons. The predicted octanol–water partition coefficient (Wildman–Crippen LogP) is 0.235. The fourth-order valence-electron chi connectivity index (χ4n) is 1.04. The first-order chi connectivity index (χ1) is 5.15. The van der Waals surface area contributed by atoms with Crippen molar-refractivity contribution in [2.24, 2.45) is 5.84 Å². The third-order valence-corrected chi connectivity index (χ3v) is 1.51. The van der Waals surface area contributed by atoms with Crippen molar-refractivity contribution in [1.29, 1.82) is 0 Å². The highest BCUT2D eigenvalue weighted by Gasteiger charge is 2.08. The van der Waals surface area contributed by atoms with Crippen LogP contribution in [0.15, 0.2) is 6.07 Å². The van der Waals surface area contributed by atoms with E-state index >= 15 is 0 Å². The van der Waals surface area contributed by atoms with Crippen LogP contribution in [0.5, 0.6) is 0 Å². The van der Waals surface area contributed by atoms with Crippen LogP contribution in [0.3, 0.4) is 0 Å². The van der Waals surface area contributed by atoms with Crippen molar-refractivity contribution in [3.63, 3.8) is 0 Å². The first-order valence-corrected chi connectivity index (χ1v) is 3.32. The number of nitrogen functional groups attached to an aromatic ring is 1. The highest BCUT2D eigenvalue weighted by atomic mass is 16.2. The number of nitrogens with two attached hydrogens (primary N) is 1. The van der Waals surface area contributed by atoms with Gasteiger partial charge in [-0.3, -0.25) is 10.2 Å². The van der Waals surface area contributed by atoms with Crippen LogP contribution in [0.1, 0.15) is 21.7 Å². The first kappa shape index (κ1) is 7.81. The second-order valence-corrected chi connectivity index (χ2v) is 2.48. The van der Waals surface area contributed by atoms with E-state index in [0.717, 1.165) is 11.3 Å². The quantitative estimate of drug-likeness (QED) is 0.307. The molecule has 4 nitrogen and oxygen atoms in total. The highest BCUT2D eigenvalue weighted by molar-refractivity contribution is 5.93. The summed E-state index contributed by atoms with van der Waals surface area (Å²) in [7, 11) is 0. The lowest BCUT2D eigenvalue weighted by molar-refractivity contribution is 0.0948. The maximum atomic E-state index is 11.0. The minimum Gasteiger partial charge on any atom is -0.354 e. The zero-order valence-corrected chi connectivity index (χ0v) is 6.56. The lowest BCUT2D eigenvalue weighted by atomic mass is 10.2. The molecular formula is C7H11N3O. The summed E-state index contributed by atoms with van der Waals surface area (Å²) >= 11 is 0. The van der Waals surface area contributed by atoms with E-state index in [4.69, 9.17) is 5.84 Å². The van der Waals surface area contributed by atoms with Crippen LogP contribution in [0, 0.1) is 13.8 Å². The Bertz CT molecular complexity index is 277. The Morgan fingerprint density at radius 3 is 2.64 bits per heavy atom. The number of hydrogen-bond acceptors (Lipinski definition) is 2. The van der Waals surface area contributed by atoms with Crippen molar-refractivity contribution in [1.82, 2.24) is 10.4 Å². The molecular weight excluding hydrogens is 142 g/mol. The standard InChI is InChI=1S/C7H11N3O/c1-4-3-5(2)9-6(4)7(11)10-8/h3,9H,8H2,1-2H3,(H,10,11). The zero-order valence-electron chi connectivity index (χ0n) is 6.56. The number of amides is 1. The molecule has 0 aliphatic rings. The Balaban J connectivity index is 3.03. The minimum absolute atomic E-state index is 0.282. The molecule has 0 aliphatic heterocycles. The van der Waals surface area contributed by atoms with E-state index in [9.17, 15) is 4.79 Å². The maximum absolute atomic E-state index is 11.0. The summed E-state index contributed by atoms with van der Waals surface area (Å²) in [6.07, 6.45) is 0. The number of carbonyl (C=O) groups excluding carboxylic acids is 1. The average molecular weight is 153 g/mol. The van der Waals surface area contributed by atoms with Crippen molar-refractivity contribution in [3.05, 3.63) is 23.0 Å².